The van der Waals surface area contributed by atoms with Crippen LogP contribution in [0.15, 0.2) is 24.3 Å². The van der Waals surface area contributed by atoms with Crippen LogP contribution in [0.5, 0.6) is 5.75 Å². The van der Waals surface area contributed by atoms with Crippen molar-refractivity contribution in [2.45, 2.75) is 25.4 Å². The van der Waals surface area contributed by atoms with E-state index in [1.165, 1.54) is 5.56 Å². The van der Waals surface area contributed by atoms with Crippen LogP contribution in [0.1, 0.15) is 24.8 Å². The number of carbonyl (C=O) groups is 1. The second kappa shape index (κ2) is 6.89. The largest absolute Gasteiger partial charge is 0.497 e. The first-order valence-electron chi connectivity index (χ1n) is 8.41. The summed E-state index contributed by atoms with van der Waals surface area (Å²) in [7, 11) is 1.66. The van der Waals surface area contributed by atoms with Crippen molar-refractivity contribution in [1.29, 1.82) is 0 Å². The highest BCUT2D eigenvalue weighted by Gasteiger charge is 2.46. The van der Waals surface area contributed by atoms with E-state index < -0.39 is 0 Å². The molecule has 5 heteroatoms. The molecule has 5 nitrogen and oxygen atoms in total. The average molecular weight is 318 g/mol. The number of hydrogen-bond acceptors (Lipinski definition) is 4. The second-order valence-electron chi connectivity index (χ2n) is 6.70. The van der Waals surface area contributed by atoms with Crippen molar-refractivity contribution in [3.8, 4) is 5.75 Å². The maximum absolute atomic E-state index is 12.6. The molecule has 3 atom stereocenters. The van der Waals surface area contributed by atoms with Crippen LogP contribution in [-0.4, -0.2) is 66.8 Å². The van der Waals surface area contributed by atoms with Crippen LogP contribution in [-0.2, 0) is 4.79 Å². The Bertz CT molecular complexity index is 536. The molecule has 0 aromatic heterocycles. The molecule has 126 valence electrons. The van der Waals surface area contributed by atoms with Gasteiger partial charge in [-0.3, -0.25) is 9.69 Å². The van der Waals surface area contributed by atoms with E-state index in [9.17, 15) is 9.90 Å². The minimum Gasteiger partial charge on any atom is -0.497 e. The molecule has 0 spiro atoms. The lowest BCUT2D eigenvalue weighted by atomic mass is 10.1. The lowest BCUT2D eigenvalue weighted by Crippen LogP contribution is -2.50. The highest BCUT2D eigenvalue weighted by molar-refractivity contribution is 5.83. The van der Waals surface area contributed by atoms with Gasteiger partial charge in [0.05, 0.1) is 13.2 Å². The molecule has 0 bridgehead atoms. The zero-order valence-electron chi connectivity index (χ0n) is 13.9. The third kappa shape index (κ3) is 3.85. The van der Waals surface area contributed by atoms with Crippen LogP contribution >= 0.6 is 0 Å². The van der Waals surface area contributed by atoms with Gasteiger partial charge in [-0.2, -0.15) is 0 Å². The van der Waals surface area contributed by atoms with Gasteiger partial charge in [0.15, 0.2) is 0 Å². The topological polar surface area (TPSA) is 53.0 Å². The summed E-state index contributed by atoms with van der Waals surface area (Å²) in [4.78, 5) is 16.8. The van der Waals surface area contributed by atoms with E-state index >= 15 is 0 Å². The van der Waals surface area contributed by atoms with Crippen molar-refractivity contribution in [2.24, 2.45) is 5.92 Å². The fourth-order valence-electron chi connectivity index (χ4n) is 3.45. The van der Waals surface area contributed by atoms with E-state index in [2.05, 4.69) is 17.0 Å². The summed E-state index contributed by atoms with van der Waals surface area (Å²) in [5.41, 5.74) is 1.23. The predicted molar refractivity (Wildman–Crippen MR) is 88.5 cm³/mol. The molecule has 1 aromatic rings. The number of aliphatic hydroxyl groups excluding tert-OH is 1. The lowest BCUT2D eigenvalue weighted by Gasteiger charge is -2.35. The lowest BCUT2D eigenvalue weighted by molar-refractivity contribution is -0.134. The van der Waals surface area contributed by atoms with Gasteiger partial charge in [-0.1, -0.05) is 12.1 Å². The molecule has 1 heterocycles. The van der Waals surface area contributed by atoms with Gasteiger partial charge in [-0.25, -0.2) is 0 Å². The van der Waals surface area contributed by atoms with Crippen LogP contribution in [0.4, 0.5) is 0 Å². The number of methoxy groups -OCH3 is 1. The number of nitrogens with zero attached hydrogens (tertiary/aromatic N) is 2. The van der Waals surface area contributed by atoms with Gasteiger partial charge < -0.3 is 14.7 Å². The Hall–Kier alpha value is -1.59. The normalized spacial score (nSPS) is 26.0. The average Bonchev–Trinajstić information content (AvgIpc) is 3.35. The van der Waals surface area contributed by atoms with Gasteiger partial charge in [0.25, 0.3) is 0 Å². The monoisotopic (exact) mass is 318 g/mol. The molecular formula is C18H26N2O3. The van der Waals surface area contributed by atoms with E-state index in [-0.39, 0.29) is 12.0 Å². The Morgan fingerprint density at radius 1 is 1.26 bits per heavy atom. The fourth-order valence-corrected chi connectivity index (χ4v) is 3.45. The Morgan fingerprint density at radius 3 is 2.48 bits per heavy atom. The summed E-state index contributed by atoms with van der Waals surface area (Å²) in [6.07, 6.45) is 0.652. The standard InChI is InChI=1S/C18H26N2O3/c1-13(21)12-19-7-9-20(10-8-19)18(22)17-11-16(17)14-3-5-15(23-2)6-4-14/h3-6,13,16-17,21H,7-12H2,1-2H3/t13-,16+,17+/m1/s1. The van der Waals surface area contributed by atoms with E-state index in [0.717, 1.165) is 38.3 Å². The van der Waals surface area contributed by atoms with E-state index in [4.69, 9.17) is 4.74 Å². The summed E-state index contributed by atoms with van der Waals surface area (Å²) in [5.74, 6) is 1.66. The van der Waals surface area contributed by atoms with Gasteiger partial charge in [0, 0.05) is 38.6 Å². The van der Waals surface area contributed by atoms with E-state index in [1.807, 2.05) is 17.0 Å². The van der Waals surface area contributed by atoms with Gasteiger partial charge >= 0.3 is 0 Å². The summed E-state index contributed by atoms with van der Waals surface area (Å²) >= 11 is 0. The molecule has 2 fully saturated rings. The van der Waals surface area contributed by atoms with Crippen LogP contribution in [0.3, 0.4) is 0 Å². The Balaban J connectivity index is 1.50. The third-order valence-corrected chi connectivity index (χ3v) is 4.86. The minimum atomic E-state index is -0.305. The predicted octanol–water partition coefficient (Wildman–Crippen LogP) is 1.32. The Labute approximate surface area is 137 Å². The van der Waals surface area contributed by atoms with Crippen molar-refractivity contribution < 1.29 is 14.6 Å². The first-order valence-corrected chi connectivity index (χ1v) is 8.41. The Kier molecular flexibility index (Phi) is 4.87. The van der Waals surface area contributed by atoms with Crippen LogP contribution in [0.25, 0.3) is 0 Å². The second-order valence-corrected chi connectivity index (χ2v) is 6.70. The van der Waals surface area contributed by atoms with Crippen LogP contribution < -0.4 is 4.74 Å². The molecule has 3 rings (SSSR count). The quantitative estimate of drug-likeness (QED) is 0.890. The number of amides is 1. The molecule has 1 saturated heterocycles. The summed E-state index contributed by atoms with van der Waals surface area (Å²) in [6, 6.07) is 8.06. The molecule has 1 aliphatic carbocycles. The maximum Gasteiger partial charge on any atom is 0.226 e. The van der Waals surface area contributed by atoms with Crippen molar-refractivity contribution in [3.05, 3.63) is 29.8 Å². The number of benzene rings is 1. The smallest absolute Gasteiger partial charge is 0.226 e. The van der Waals surface area contributed by atoms with Crippen molar-refractivity contribution in [3.63, 3.8) is 0 Å². The number of β-amino-alcohol motifs (C(OH)–C–C–N with tert-alkyl or cyclic N) is 1. The SMILES string of the molecule is COc1ccc([C@@H]2C[C@@H]2C(=O)N2CCN(C[C@@H](C)O)CC2)cc1. The molecule has 1 N–H and O–H groups in total. The molecular weight excluding hydrogens is 292 g/mol. The molecule has 0 unspecified atom stereocenters. The third-order valence-electron chi connectivity index (χ3n) is 4.86. The van der Waals surface area contributed by atoms with Crippen molar-refractivity contribution in [1.82, 2.24) is 9.80 Å². The van der Waals surface area contributed by atoms with Gasteiger partial charge in [-0.15, -0.1) is 0 Å². The van der Waals surface area contributed by atoms with E-state index in [1.54, 1.807) is 14.0 Å². The fraction of sp³-hybridized carbons (Fsp3) is 0.611. The molecule has 1 saturated carbocycles. The first kappa shape index (κ1) is 16.3. The summed E-state index contributed by atoms with van der Waals surface area (Å²) in [6.45, 7) is 5.77. The number of carbonyl (C=O) groups excluding carboxylic acids is 1. The maximum atomic E-state index is 12.6. The minimum absolute atomic E-state index is 0.145. The molecule has 1 amide bonds. The zero-order valence-corrected chi connectivity index (χ0v) is 13.9. The molecule has 23 heavy (non-hydrogen) atoms. The number of hydrogen-bond donors (Lipinski definition) is 1. The van der Waals surface area contributed by atoms with Crippen LogP contribution in [0, 0.1) is 5.92 Å². The van der Waals surface area contributed by atoms with Crippen molar-refractivity contribution >= 4 is 5.91 Å². The number of ether oxygens (including phenoxy) is 1. The highest BCUT2D eigenvalue weighted by atomic mass is 16.5. The van der Waals surface area contributed by atoms with Gasteiger partial charge in [-0.05, 0) is 37.0 Å². The summed E-state index contributed by atoms with van der Waals surface area (Å²) < 4.78 is 5.18. The van der Waals surface area contributed by atoms with Gasteiger partial charge in [0.1, 0.15) is 5.75 Å². The highest BCUT2D eigenvalue weighted by Crippen LogP contribution is 2.48. The number of aliphatic hydroxyl groups is 1. The van der Waals surface area contributed by atoms with E-state index in [0.29, 0.717) is 18.4 Å². The first-order chi connectivity index (χ1) is 11.1. The molecule has 0 radical (unpaired) electrons. The molecule has 1 aliphatic heterocycles. The zero-order chi connectivity index (χ0) is 16.4. The summed E-state index contributed by atoms with van der Waals surface area (Å²) in [5, 5.41) is 9.44. The molecule has 2 aliphatic rings. The van der Waals surface area contributed by atoms with Gasteiger partial charge in [0.2, 0.25) is 5.91 Å². The molecule has 1 aromatic carbocycles. The number of piperazine rings is 1. The van der Waals surface area contributed by atoms with Crippen molar-refractivity contribution in [2.75, 3.05) is 39.8 Å². The Morgan fingerprint density at radius 2 is 1.91 bits per heavy atom. The van der Waals surface area contributed by atoms with Crippen LogP contribution in [0.2, 0.25) is 0 Å². The number of rotatable bonds is 5.